The van der Waals surface area contributed by atoms with E-state index in [9.17, 15) is 0 Å². The second kappa shape index (κ2) is 2.66. The van der Waals surface area contributed by atoms with Crippen LogP contribution in [0.1, 0.15) is 18.7 Å². The number of aromatic hydroxyl groups is 1. The van der Waals surface area contributed by atoms with Crippen molar-refractivity contribution >= 4 is 0 Å². The second-order valence-corrected chi connectivity index (χ2v) is 2.12. The highest BCUT2D eigenvalue weighted by molar-refractivity contribution is 5.18. The molecule has 1 atom stereocenters. The van der Waals surface area contributed by atoms with Crippen LogP contribution in [0.15, 0.2) is 18.3 Å². The van der Waals surface area contributed by atoms with Crippen LogP contribution in [0.25, 0.3) is 0 Å². The van der Waals surface area contributed by atoms with Gasteiger partial charge in [-0.2, -0.15) is 0 Å². The average molecular weight is 139 g/mol. The lowest BCUT2D eigenvalue weighted by atomic mass is 10.2. The van der Waals surface area contributed by atoms with Gasteiger partial charge in [0.2, 0.25) is 0 Å². The molecule has 54 valence electrons. The van der Waals surface area contributed by atoms with Crippen molar-refractivity contribution in [3.05, 3.63) is 24.0 Å². The Hall–Kier alpha value is -1.09. The first-order valence-corrected chi connectivity index (χ1v) is 3.03. The van der Waals surface area contributed by atoms with E-state index in [1.54, 1.807) is 13.0 Å². The average Bonchev–Trinajstić information content (AvgIpc) is 1.88. The van der Waals surface area contributed by atoms with Crippen molar-refractivity contribution in [2.45, 2.75) is 13.0 Å². The minimum atomic E-state index is -0.569. The molecule has 3 heteroatoms. The molecule has 0 aliphatic carbocycles. The number of hydrogen-bond acceptors (Lipinski definition) is 3. The summed E-state index contributed by atoms with van der Waals surface area (Å²) in [4.78, 5) is 3.78. The maximum atomic E-state index is 8.97. The van der Waals surface area contributed by atoms with Crippen molar-refractivity contribution in [1.29, 1.82) is 0 Å². The van der Waals surface area contributed by atoms with Crippen LogP contribution < -0.4 is 0 Å². The Morgan fingerprint density at radius 2 is 2.20 bits per heavy atom. The van der Waals surface area contributed by atoms with Crippen LogP contribution in [0.4, 0.5) is 0 Å². The predicted octanol–water partition coefficient (Wildman–Crippen LogP) is 0.840. The third kappa shape index (κ3) is 1.45. The molecule has 0 bridgehead atoms. The minimum absolute atomic E-state index is 0.115. The Morgan fingerprint density at radius 1 is 1.50 bits per heavy atom. The molecule has 1 aromatic heterocycles. The third-order valence-electron chi connectivity index (χ3n) is 1.20. The molecule has 10 heavy (non-hydrogen) atoms. The fraction of sp³-hybridized carbons (Fsp3) is 0.286. The van der Waals surface area contributed by atoms with E-state index in [1.165, 1.54) is 12.3 Å². The van der Waals surface area contributed by atoms with E-state index in [-0.39, 0.29) is 5.75 Å². The van der Waals surface area contributed by atoms with Crippen LogP contribution in [0, 0.1) is 0 Å². The quantitative estimate of drug-likeness (QED) is 0.606. The SMILES string of the molecule is CC(O)c1ccc(O)cn1. The Balaban J connectivity index is 2.89. The van der Waals surface area contributed by atoms with Gasteiger partial charge in [0, 0.05) is 0 Å². The van der Waals surface area contributed by atoms with Gasteiger partial charge < -0.3 is 10.2 Å². The van der Waals surface area contributed by atoms with Crippen LogP contribution in [0.2, 0.25) is 0 Å². The second-order valence-electron chi connectivity index (χ2n) is 2.12. The van der Waals surface area contributed by atoms with Gasteiger partial charge in [-0.25, -0.2) is 0 Å². The molecule has 0 saturated carbocycles. The van der Waals surface area contributed by atoms with E-state index in [2.05, 4.69) is 4.98 Å². The molecule has 1 unspecified atom stereocenters. The normalized spacial score (nSPS) is 13.0. The lowest BCUT2D eigenvalue weighted by Crippen LogP contribution is -1.93. The van der Waals surface area contributed by atoms with Gasteiger partial charge in [-0.3, -0.25) is 4.98 Å². The van der Waals surface area contributed by atoms with Crippen LogP contribution in [-0.4, -0.2) is 15.2 Å². The maximum absolute atomic E-state index is 8.97. The standard InChI is InChI=1S/C7H9NO2/c1-5(9)7-3-2-6(10)4-8-7/h2-5,9-10H,1H3. The molecule has 0 fully saturated rings. The smallest absolute Gasteiger partial charge is 0.133 e. The Bertz CT molecular complexity index is 205. The number of aliphatic hydroxyl groups excluding tert-OH is 1. The molecule has 0 amide bonds. The Labute approximate surface area is 59.0 Å². The first-order valence-electron chi connectivity index (χ1n) is 3.03. The van der Waals surface area contributed by atoms with Crippen LogP contribution in [0.5, 0.6) is 5.75 Å². The van der Waals surface area contributed by atoms with Gasteiger partial charge in [0.1, 0.15) is 5.75 Å². The van der Waals surface area contributed by atoms with E-state index in [0.29, 0.717) is 5.69 Å². The van der Waals surface area contributed by atoms with Crippen LogP contribution in [-0.2, 0) is 0 Å². The third-order valence-corrected chi connectivity index (χ3v) is 1.20. The van der Waals surface area contributed by atoms with E-state index >= 15 is 0 Å². The van der Waals surface area contributed by atoms with Crippen molar-refractivity contribution < 1.29 is 10.2 Å². The van der Waals surface area contributed by atoms with Crippen molar-refractivity contribution in [2.24, 2.45) is 0 Å². The lowest BCUT2D eigenvalue weighted by molar-refractivity contribution is 0.194. The molecule has 3 nitrogen and oxygen atoms in total. The monoisotopic (exact) mass is 139 g/mol. The molecule has 0 aliphatic rings. The summed E-state index contributed by atoms with van der Waals surface area (Å²) in [6.07, 6.45) is 0.739. The van der Waals surface area contributed by atoms with Crippen molar-refractivity contribution in [2.75, 3.05) is 0 Å². The summed E-state index contributed by atoms with van der Waals surface area (Å²) in [5.41, 5.74) is 0.567. The zero-order valence-corrected chi connectivity index (χ0v) is 5.65. The fourth-order valence-electron chi connectivity index (χ4n) is 0.645. The zero-order valence-electron chi connectivity index (χ0n) is 5.65. The van der Waals surface area contributed by atoms with Crippen molar-refractivity contribution in [3.8, 4) is 5.75 Å². The molecular formula is C7H9NO2. The minimum Gasteiger partial charge on any atom is -0.506 e. The number of rotatable bonds is 1. The number of nitrogens with zero attached hydrogens (tertiary/aromatic N) is 1. The van der Waals surface area contributed by atoms with Gasteiger partial charge in [-0.1, -0.05) is 0 Å². The van der Waals surface area contributed by atoms with Gasteiger partial charge in [-0.05, 0) is 19.1 Å². The van der Waals surface area contributed by atoms with E-state index < -0.39 is 6.10 Å². The largest absolute Gasteiger partial charge is 0.506 e. The summed E-state index contributed by atoms with van der Waals surface area (Å²) >= 11 is 0. The highest BCUT2D eigenvalue weighted by atomic mass is 16.3. The number of pyridine rings is 1. The lowest BCUT2D eigenvalue weighted by Gasteiger charge is -2.01. The Morgan fingerprint density at radius 3 is 2.60 bits per heavy atom. The summed E-state index contributed by atoms with van der Waals surface area (Å²) in [5.74, 6) is 0.115. The van der Waals surface area contributed by atoms with Crippen molar-refractivity contribution in [1.82, 2.24) is 4.98 Å². The van der Waals surface area contributed by atoms with E-state index in [0.717, 1.165) is 0 Å². The van der Waals surface area contributed by atoms with E-state index in [1.807, 2.05) is 0 Å². The van der Waals surface area contributed by atoms with Crippen LogP contribution in [0.3, 0.4) is 0 Å². The predicted molar refractivity (Wildman–Crippen MR) is 36.5 cm³/mol. The number of aromatic nitrogens is 1. The topological polar surface area (TPSA) is 53.4 Å². The van der Waals surface area contributed by atoms with Gasteiger partial charge >= 0.3 is 0 Å². The summed E-state index contributed by atoms with van der Waals surface area (Å²) in [6.45, 7) is 1.62. The molecule has 0 saturated heterocycles. The summed E-state index contributed by atoms with van der Waals surface area (Å²) in [6, 6.07) is 3.08. The fourth-order valence-corrected chi connectivity index (χ4v) is 0.645. The molecule has 0 spiro atoms. The molecule has 2 N–H and O–H groups in total. The maximum Gasteiger partial charge on any atom is 0.133 e. The summed E-state index contributed by atoms with van der Waals surface area (Å²) in [7, 11) is 0. The molecule has 0 radical (unpaired) electrons. The molecule has 1 rings (SSSR count). The molecule has 1 heterocycles. The van der Waals surface area contributed by atoms with Crippen LogP contribution >= 0.6 is 0 Å². The van der Waals surface area contributed by atoms with Gasteiger partial charge in [0.15, 0.2) is 0 Å². The van der Waals surface area contributed by atoms with Gasteiger partial charge in [0.05, 0.1) is 18.0 Å². The summed E-state index contributed by atoms with van der Waals surface area (Å²) < 4.78 is 0. The zero-order chi connectivity index (χ0) is 7.56. The number of aliphatic hydroxyl groups is 1. The molecule has 0 aliphatic heterocycles. The molecular weight excluding hydrogens is 130 g/mol. The van der Waals surface area contributed by atoms with E-state index in [4.69, 9.17) is 10.2 Å². The first-order chi connectivity index (χ1) is 4.70. The highest BCUT2D eigenvalue weighted by Crippen LogP contribution is 2.11. The highest BCUT2D eigenvalue weighted by Gasteiger charge is 1.99. The van der Waals surface area contributed by atoms with Gasteiger partial charge in [0.25, 0.3) is 0 Å². The molecule has 0 aromatic carbocycles. The summed E-state index contributed by atoms with van der Waals surface area (Å²) in [5, 5.41) is 17.8. The molecule has 1 aromatic rings. The first kappa shape index (κ1) is 7.02. The van der Waals surface area contributed by atoms with Gasteiger partial charge in [-0.15, -0.1) is 0 Å². The van der Waals surface area contributed by atoms with Crippen molar-refractivity contribution in [3.63, 3.8) is 0 Å². The number of hydrogen-bond donors (Lipinski definition) is 2. The Kier molecular flexibility index (Phi) is 1.87.